The Labute approximate surface area is 132 Å². The lowest BCUT2D eigenvalue weighted by atomic mass is 10.1. The number of carbonyl (C=O) groups is 2. The minimum absolute atomic E-state index is 0.124. The molecule has 22 heavy (non-hydrogen) atoms. The first-order chi connectivity index (χ1) is 10.2. The van der Waals surface area contributed by atoms with Crippen LogP contribution in [-0.4, -0.2) is 24.0 Å². The monoisotopic (exact) mass is 303 g/mol. The van der Waals surface area contributed by atoms with E-state index < -0.39 is 5.60 Å². The van der Waals surface area contributed by atoms with Crippen molar-refractivity contribution >= 4 is 11.9 Å². The molecule has 0 heterocycles. The average molecular weight is 303 g/mol. The number of carbonyl (C=O) groups excluding carboxylic acids is 2. The molecule has 1 aromatic carbocycles. The van der Waals surface area contributed by atoms with E-state index >= 15 is 0 Å². The van der Waals surface area contributed by atoms with Gasteiger partial charge in [-0.2, -0.15) is 0 Å². The first-order valence-corrected chi connectivity index (χ1v) is 7.41. The molecular formula is C18H25NO3. The summed E-state index contributed by atoms with van der Waals surface area (Å²) in [7, 11) is 0. The van der Waals surface area contributed by atoms with E-state index in [2.05, 4.69) is 11.9 Å². The second-order valence-electron chi connectivity index (χ2n) is 6.37. The molecule has 0 saturated heterocycles. The number of hydrogen-bond acceptors (Lipinski definition) is 3. The lowest BCUT2D eigenvalue weighted by Gasteiger charge is -2.19. The smallest absolute Gasteiger partial charge is 0.310 e. The molecule has 0 aliphatic heterocycles. The van der Waals surface area contributed by atoms with Gasteiger partial charge in [0.15, 0.2) is 0 Å². The maximum atomic E-state index is 11.7. The molecule has 1 amide bonds. The first-order valence-electron chi connectivity index (χ1n) is 7.41. The fourth-order valence-corrected chi connectivity index (χ4v) is 1.84. The van der Waals surface area contributed by atoms with Gasteiger partial charge in [0, 0.05) is 12.1 Å². The Morgan fingerprint density at radius 2 is 1.68 bits per heavy atom. The number of esters is 1. The van der Waals surface area contributed by atoms with E-state index in [-0.39, 0.29) is 18.3 Å². The first kappa shape index (κ1) is 18.0. The Hall–Kier alpha value is -2.10. The van der Waals surface area contributed by atoms with Crippen molar-refractivity contribution < 1.29 is 14.3 Å². The molecule has 0 spiro atoms. The summed E-state index contributed by atoms with van der Waals surface area (Å²) in [5, 5.41) is 2.79. The van der Waals surface area contributed by atoms with Crippen LogP contribution in [0.2, 0.25) is 0 Å². The van der Waals surface area contributed by atoms with Crippen LogP contribution in [0, 0.1) is 0 Å². The van der Waals surface area contributed by atoms with Crippen LogP contribution in [-0.2, 0) is 27.2 Å². The second kappa shape index (κ2) is 7.78. The van der Waals surface area contributed by atoms with Crippen LogP contribution in [0.4, 0.5) is 0 Å². The molecule has 1 aromatic rings. The highest BCUT2D eigenvalue weighted by molar-refractivity contribution is 5.92. The Morgan fingerprint density at radius 1 is 1.14 bits per heavy atom. The van der Waals surface area contributed by atoms with Gasteiger partial charge in [-0.1, -0.05) is 30.8 Å². The van der Waals surface area contributed by atoms with E-state index in [1.54, 1.807) is 6.92 Å². The van der Waals surface area contributed by atoms with E-state index in [1.165, 1.54) is 0 Å². The van der Waals surface area contributed by atoms with E-state index in [0.717, 1.165) is 17.5 Å². The Morgan fingerprint density at radius 3 is 2.18 bits per heavy atom. The van der Waals surface area contributed by atoms with Crippen molar-refractivity contribution in [1.82, 2.24) is 5.32 Å². The zero-order chi connectivity index (χ0) is 16.8. The minimum Gasteiger partial charge on any atom is -0.460 e. The van der Waals surface area contributed by atoms with Gasteiger partial charge in [0.25, 0.3) is 0 Å². The molecule has 0 radical (unpaired) electrons. The summed E-state index contributed by atoms with van der Waals surface area (Å²) in [5.41, 5.74) is 2.07. The summed E-state index contributed by atoms with van der Waals surface area (Å²) in [6, 6.07) is 7.76. The molecule has 0 fully saturated rings. The molecule has 4 nitrogen and oxygen atoms in total. The van der Waals surface area contributed by atoms with Crippen molar-refractivity contribution in [1.29, 1.82) is 0 Å². The summed E-state index contributed by atoms with van der Waals surface area (Å²) >= 11 is 0. The molecule has 0 atom stereocenters. The van der Waals surface area contributed by atoms with Crippen molar-refractivity contribution in [2.24, 2.45) is 0 Å². The van der Waals surface area contributed by atoms with Crippen LogP contribution in [0.1, 0.15) is 38.8 Å². The van der Waals surface area contributed by atoms with Gasteiger partial charge in [0.1, 0.15) is 5.60 Å². The van der Waals surface area contributed by atoms with E-state index in [1.807, 2.05) is 45.0 Å². The quantitative estimate of drug-likeness (QED) is 0.649. The normalized spacial score (nSPS) is 10.9. The van der Waals surface area contributed by atoms with Gasteiger partial charge in [0.2, 0.25) is 5.91 Å². The van der Waals surface area contributed by atoms with Crippen molar-refractivity contribution in [3.63, 3.8) is 0 Å². The van der Waals surface area contributed by atoms with Crippen molar-refractivity contribution in [3.05, 3.63) is 47.5 Å². The summed E-state index contributed by atoms with van der Waals surface area (Å²) in [6.07, 6.45) is 1.01. The lowest BCUT2D eigenvalue weighted by Crippen LogP contribution is -2.26. The second-order valence-corrected chi connectivity index (χ2v) is 6.37. The highest BCUT2D eigenvalue weighted by Gasteiger charge is 2.16. The highest BCUT2D eigenvalue weighted by Crippen LogP contribution is 2.11. The molecular weight excluding hydrogens is 278 g/mol. The van der Waals surface area contributed by atoms with E-state index in [9.17, 15) is 9.59 Å². The van der Waals surface area contributed by atoms with Gasteiger partial charge in [0.05, 0.1) is 6.42 Å². The number of amides is 1. The van der Waals surface area contributed by atoms with Crippen LogP contribution < -0.4 is 5.32 Å². The van der Waals surface area contributed by atoms with Crippen LogP contribution >= 0.6 is 0 Å². The van der Waals surface area contributed by atoms with Crippen LogP contribution in [0.15, 0.2) is 36.4 Å². The topological polar surface area (TPSA) is 55.4 Å². The zero-order valence-corrected chi connectivity index (χ0v) is 13.9. The molecule has 0 unspecified atom stereocenters. The number of ether oxygens (including phenoxy) is 1. The number of benzene rings is 1. The molecule has 0 aliphatic carbocycles. The van der Waals surface area contributed by atoms with Gasteiger partial charge in [-0.3, -0.25) is 9.59 Å². The molecule has 0 bridgehead atoms. The van der Waals surface area contributed by atoms with Crippen molar-refractivity contribution in [3.8, 4) is 0 Å². The summed E-state index contributed by atoms with van der Waals surface area (Å²) in [6.45, 7) is 11.4. The van der Waals surface area contributed by atoms with E-state index in [4.69, 9.17) is 4.74 Å². The molecule has 0 aromatic heterocycles. The predicted molar refractivity (Wildman–Crippen MR) is 87.5 cm³/mol. The predicted octanol–water partition coefficient (Wildman–Crippen LogP) is 2.81. The SMILES string of the molecule is C=C(C)C(=O)NCCc1ccc(CC(=O)OC(C)(C)C)cc1. The summed E-state index contributed by atoms with van der Waals surface area (Å²) in [4.78, 5) is 23.1. The highest BCUT2D eigenvalue weighted by atomic mass is 16.6. The third kappa shape index (κ3) is 7.07. The van der Waals surface area contributed by atoms with Gasteiger partial charge in [-0.25, -0.2) is 0 Å². The number of nitrogens with one attached hydrogen (secondary N) is 1. The van der Waals surface area contributed by atoms with Gasteiger partial charge < -0.3 is 10.1 Å². The maximum absolute atomic E-state index is 11.7. The molecule has 120 valence electrons. The Kier molecular flexibility index (Phi) is 6.35. The third-order valence-electron chi connectivity index (χ3n) is 2.88. The van der Waals surface area contributed by atoms with E-state index in [0.29, 0.717) is 12.1 Å². The maximum Gasteiger partial charge on any atom is 0.310 e. The molecule has 0 saturated carbocycles. The van der Waals surface area contributed by atoms with Gasteiger partial charge >= 0.3 is 5.97 Å². The third-order valence-corrected chi connectivity index (χ3v) is 2.88. The standard InChI is InChI=1S/C18H25NO3/c1-13(2)17(21)19-11-10-14-6-8-15(9-7-14)12-16(20)22-18(3,4)5/h6-9H,1,10-12H2,2-5H3,(H,19,21). The van der Waals surface area contributed by atoms with Gasteiger partial charge in [-0.05, 0) is 45.2 Å². The zero-order valence-electron chi connectivity index (χ0n) is 13.9. The summed E-state index contributed by atoms with van der Waals surface area (Å²) < 4.78 is 5.29. The fourth-order valence-electron chi connectivity index (χ4n) is 1.84. The molecule has 4 heteroatoms. The fraction of sp³-hybridized carbons (Fsp3) is 0.444. The van der Waals surface area contributed by atoms with Crippen LogP contribution in [0.3, 0.4) is 0 Å². The Balaban J connectivity index is 2.44. The van der Waals surface area contributed by atoms with Crippen LogP contribution in [0.5, 0.6) is 0 Å². The number of hydrogen-bond donors (Lipinski definition) is 1. The molecule has 1 N–H and O–H groups in total. The van der Waals surface area contributed by atoms with Gasteiger partial charge in [-0.15, -0.1) is 0 Å². The lowest BCUT2D eigenvalue weighted by molar-refractivity contribution is -0.153. The Bertz CT molecular complexity index is 538. The van der Waals surface area contributed by atoms with Crippen molar-refractivity contribution in [2.75, 3.05) is 6.54 Å². The molecule has 0 aliphatic rings. The summed E-state index contributed by atoms with van der Waals surface area (Å²) in [5.74, 6) is -0.351. The molecule has 1 rings (SSSR count). The van der Waals surface area contributed by atoms with Crippen molar-refractivity contribution in [2.45, 2.75) is 46.1 Å². The largest absolute Gasteiger partial charge is 0.460 e. The minimum atomic E-state index is -0.460. The van der Waals surface area contributed by atoms with Crippen LogP contribution in [0.25, 0.3) is 0 Å². The number of rotatable bonds is 6. The average Bonchev–Trinajstić information content (AvgIpc) is 2.38.